The Hall–Kier alpha value is -0.860. The zero-order valence-corrected chi connectivity index (χ0v) is 11.8. The number of hydrogen-bond donors (Lipinski definition) is 2. The van der Waals surface area contributed by atoms with Crippen molar-refractivity contribution in [3.63, 3.8) is 0 Å². The van der Waals surface area contributed by atoms with E-state index in [0.29, 0.717) is 17.5 Å². The maximum Gasteiger partial charge on any atom is 0.182 e. The molecule has 0 aliphatic carbocycles. The standard InChI is InChI=1S/C10H17N3O3S2/c1-18(14,15)8-9(11)13-17-10(8)12-4-2-7-3-5-16-6-7/h7,12H,2-6H2,1H3,(H2,11,13). The second-order valence-corrected chi connectivity index (χ2v) is 7.17. The summed E-state index contributed by atoms with van der Waals surface area (Å²) in [5, 5.41) is 3.64. The molecule has 1 aliphatic heterocycles. The molecule has 0 radical (unpaired) electrons. The average Bonchev–Trinajstić information content (AvgIpc) is 2.87. The number of rotatable bonds is 5. The summed E-state index contributed by atoms with van der Waals surface area (Å²) in [6.45, 7) is 2.33. The van der Waals surface area contributed by atoms with Crippen molar-refractivity contribution < 1.29 is 13.2 Å². The predicted molar refractivity (Wildman–Crippen MR) is 71.7 cm³/mol. The van der Waals surface area contributed by atoms with Crippen LogP contribution in [0.3, 0.4) is 0 Å². The fourth-order valence-corrected chi connectivity index (χ4v) is 4.06. The Labute approximate surface area is 111 Å². The first-order valence-electron chi connectivity index (χ1n) is 5.75. The molecule has 18 heavy (non-hydrogen) atoms. The highest BCUT2D eigenvalue weighted by Crippen LogP contribution is 2.31. The monoisotopic (exact) mass is 291 g/mol. The minimum atomic E-state index is -3.33. The van der Waals surface area contributed by atoms with Crippen molar-refractivity contribution in [2.45, 2.75) is 17.7 Å². The largest absolute Gasteiger partial charge is 0.382 e. The summed E-state index contributed by atoms with van der Waals surface area (Å²) >= 11 is 1.09. The van der Waals surface area contributed by atoms with Crippen LogP contribution < -0.4 is 11.1 Å². The van der Waals surface area contributed by atoms with Crippen LogP contribution in [0.15, 0.2) is 4.90 Å². The first kappa shape index (κ1) is 13.6. The summed E-state index contributed by atoms with van der Waals surface area (Å²) in [5.74, 6) is 0.638. The molecule has 1 aromatic rings. The van der Waals surface area contributed by atoms with Gasteiger partial charge in [-0.05, 0) is 30.3 Å². The first-order chi connectivity index (χ1) is 8.48. The molecule has 6 nitrogen and oxygen atoms in total. The van der Waals surface area contributed by atoms with Gasteiger partial charge in [0.05, 0.1) is 0 Å². The lowest BCUT2D eigenvalue weighted by Gasteiger charge is -2.09. The van der Waals surface area contributed by atoms with Crippen molar-refractivity contribution in [2.75, 3.05) is 37.1 Å². The van der Waals surface area contributed by atoms with Gasteiger partial charge < -0.3 is 15.8 Å². The molecule has 102 valence electrons. The fraction of sp³-hybridized carbons (Fsp3) is 0.700. The molecule has 1 aromatic heterocycles. The predicted octanol–water partition coefficient (Wildman–Crippen LogP) is 0.967. The smallest absolute Gasteiger partial charge is 0.182 e. The molecule has 0 amide bonds. The average molecular weight is 291 g/mol. The van der Waals surface area contributed by atoms with E-state index in [9.17, 15) is 8.42 Å². The van der Waals surface area contributed by atoms with Crippen molar-refractivity contribution in [1.29, 1.82) is 0 Å². The highest BCUT2D eigenvalue weighted by Gasteiger charge is 2.21. The molecule has 1 atom stereocenters. The Kier molecular flexibility index (Phi) is 4.08. The van der Waals surface area contributed by atoms with Gasteiger partial charge in [0.2, 0.25) is 0 Å². The maximum atomic E-state index is 11.6. The van der Waals surface area contributed by atoms with Crippen molar-refractivity contribution in [1.82, 2.24) is 4.37 Å². The van der Waals surface area contributed by atoms with Crippen LogP contribution in [-0.4, -0.2) is 38.8 Å². The minimum absolute atomic E-state index is 0.0780. The normalized spacial score (nSPS) is 20.2. The SMILES string of the molecule is CS(=O)(=O)c1c(N)nsc1NCCC1CCOC1. The van der Waals surface area contributed by atoms with Gasteiger partial charge in [0, 0.05) is 26.0 Å². The number of hydrogen-bond acceptors (Lipinski definition) is 7. The lowest BCUT2D eigenvalue weighted by Crippen LogP contribution is -2.10. The van der Waals surface area contributed by atoms with Gasteiger partial charge in [-0.15, -0.1) is 0 Å². The second-order valence-electron chi connectivity index (χ2n) is 4.44. The summed E-state index contributed by atoms with van der Waals surface area (Å²) < 4.78 is 32.3. The third-order valence-electron chi connectivity index (χ3n) is 2.91. The summed E-state index contributed by atoms with van der Waals surface area (Å²) in [7, 11) is -3.33. The van der Waals surface area contributed by atoms with E-state index in [1.165, 1.54) is 0 Å². The number of ether oxygens (including phenoxy) is 1. The molecule has 3 N–H and O–H groups in total. The van der Waals surface area contributed by atoms with Gasteiger partial charge in [0.1, 0.15) is 9.90 Å². The molecular formula is C10H17N3O3S2. The van der Waals surface area contributed by atoms with Crippen molar-refractivity contribution in [2.24, 2.45) is 5.92 Å². The quantitative estimate of drug-likeness (QED) is 0.839. The summed E-state index contributed by atoms with van der Waals surface area (Å²) in [6, 6.07) is 0. The van der Waals surface area contributed by atoms with E-state index in [1.807, 2.05) is 0 Å². The third kappa shape index (κ3) is 3.12. The summed E-state index contributed by atoms with van der Waals surface area (Å²) in [4.78, 5) is 0.121. The van der Waals surface area contributed by atoms with Gasteiger partial charge >= 0.3 is 0 Å². The highest BCUT2D eigenvalue weighted by molar-refractivity contribution is 7.91. The van der Waals surface area contributed by atoms with Crippen LogP contribution in [-0.2, 0) is 14.6 Å². The molecule has 1 unspecified atom stereocenters. The van der Waals surface area contributed by atoms with E-state index < -0.39 is 9.84 Å². The molecule has 1 saturated heterocycles. The van der Waals surface area contributed by atoms with Crippen molar-refractivity contribution >= 4 is 32.2 Å². The highest BCUT2D eigenvalue weighted by atomic mass is 32.2. The Morgan fingerprint density at radius 3 is 3.00 bits per heavy atom. The topological polar surface area (TPSA) is 94.3 Å². The van der Waals surface area contributed by atoms with Crippen LogP contribution in [0.25, 0.3) is 0 Å². The number of aromatic nitrogens is 1. The third-order valence-corrected chi connectivity index (χ3v) is 5.01. The lowest BCUT2D eigenvalue weighted by molar-refractivity contribution is 0.185. The van der Waals surface area contributed by atoms with E-state index in [2.05, 4.69) is 9.69 Å². The molecule has 0 spiro atoms. The van der Waals surface area contributed by atoms with Gasteiger partial charge in [-0.1, -0.05) is 0 Å². The zero-order chi connectivity index (χ0) is 13.2. The molecule has 0 bridgehead atoms. The summed E-state index contributed by atoms with van der Waals surface area (Å²) in [5.41, 5.74) is 5.58. The molecule has 8 heteroatoms. The van der Waals surface area contributed by atoms with Gasteiger partial charge in [0.15, 0.2) is 15.7 Å². The Morgan fingerprint density at radius 1 is 1.61 bits per heavy atom. The lowest BCUT2D eigenvalue weighted by atomic mass is 10.1. The van der Waals surface area contributed by atoms with Gasteiger partial charge in [-0.25, -0.2) is 8.42 Å². The molecule has 0 saturated carbocycles. The number of nitrogens with two attached hydrogens (primary N) is 1. The molecule has 2 rings (SSSR count). The number of nitrogens with zero attached hydrogens (tertiary/aromatic N) is 1. The van der Waals surface area contributed by atoms with Gasteiger partial charge in [0.25, 0.3) is 0 Å². The van der Waals surface area contributed by atoms with E-state index in [1.54, 1.807) is 0 Å². The van der Waals surface area contributed by atoms with E-state index in [-0.39, 0.29) is 10.7 Å². The Morgan fingerprint density at radius 2 is 2.39 bits per heavy atom. The van der Waals surface area contributed by atoms with Crippen molar-refractivity contribution in [3.05, 3.63) is 0 Å². The Balaban J connectivity index is 1.97. The molecule has 1 fully saturated rings. The number of anilines is 2. The fourth-order valence-electron chi connectivity index (χ4n) is 1.97. The van der Waals surface area contributed by atoms with Gasteiger partial charge in [-0.2, -0.15) is 4.37 Å². The van der Waals surface area contributed by atoms with Gasteiger partial charge in [-0.3, -0.25) is 0 Å². The zero-order valence-electron chi connectivity index (χ0n) is 10.2. The number of nitrogen functional groups attached to an aromatic ring is 1. The van der Waals surface area contributed by atoms with Crippen molar-refractivity contribution in [3.8, 4) is 0 Å². The van der Waals surface area contributed by atoms with E-state index >= 15 is 0 Å². The molecule has 2 heterocycles. The number of sulfone groups is 1. The van der Waals surface area contributed by atoms with Crippen LogP contribution in [0.5, 0.6) is 0 Å². The molecular weight excluding hydrogens is 274 g/mol. The van der Waals surface area contributed by atoms with Crippen LogP contribution >= 0.6 is 11.5 Å². The molecule has 0 aromatic carbocycles. The van der Waals surface area contributed by atoms with Crippen LogP contribution in [0.2, 0.25) is 0 Å². The van der Waals surface area contributed by atoms with Crippen LogP contribution in [0.1, 0.15) is 12.8 Å². The number of nitrogens with one attached hydrogen (secondary N) is 1. The van der Waals surface area contributed by atoms with Crippen LogP contribution in [0, 0.1) is 5.92 Å². The van der Waals surface area contributed by atoms with Crippen LogP contribution in [0.4, 0.5) is 10.8 Å². The first-order valence-corrected chi connectivity index (χ1v) is 8.42. The summed E-state index contributed by atoms with van der Waals surface area (Å²) in [6.07, 6.45) is 3.18. The Bertz CT molecular complexity index is 506. The van der Waals surface area contributed by atoms with E-state index in [4.69, 9.17) is 10.5 Å². The molecule has 1 aliphatic rings. The minimum Gasteiger partial charge on any atom is -0.382 e. The second kappa shape index (κ2) is 5.41. The maximum absolute atomic E-state index is 11.6. The van der Waals surface area contributed by atoms with E-state index in [0.717, 1.165) is 43.8 Å².